The third kappa shape index (κ3) is 6.30. The topological polar surface area (TPSA) is 58.1 Å². The number of nitrogens with one attached hydrogen (secondary N) is 2. The maximum Gasteiger partial charge on any atom is 0.191 e. The molecular formula is C23H30F2N4O2. The first-order valence-electron chi connectivity index (χ1n) is 10.4. The Labute approximate surface area is 182 Å². The van der Waals surface area contributed by atoms with Crippen LogP contribution in [0.3, 0.4) is 0 Å². The monoisotopic (exact) mass is 432 g/mol. The first-order chi connectivity index (χ1) is 15.0. The molecule has 168 valence electrons. The molecule has 1 fully saturated rings. The molecule has 1 unspecified atom stereocenters. The number of likely N-dealkylation sites (tertiary alicyclic amines) is 1. The highest BCUT2D eigenvalue weighted by Gasteiger charge is 2.23. The van der Waals surface area contributed by atoms with Crippen molar-refractivity contribution in [1.82, 2.24) is 15.5 Å². The number of rotatable bonds is 8. The molecule has 0 spiro atoms. The number of halogens is 2. The van der Waals surface area contributed by atoms with Crippen LogP contribution in [-0.2, 0) is 13.0 Å². The first kappa shape index (κ1) is 22.8. The van der Waals surface area contributed by atoms with E-state index in [0.29, 0.717) is 12.5 Å². The number of guanidine groups is 1. The molecule has 1 aliphatic heterocycles. The molecule has 1 atom stereocenters. The number of ether oxygens (including phenoxy) is 2. The predicted octanol–water partition coefficient (Wildman–Crippen LogP) is 2.96. The highest BCUT2D eigenvalue weighted by Crippen LogP contribution is 2.24. The predicted molar refractivity (Wildman–Crippen MR) is 118 cm³/mol. The summed E-state index contributed by atoms with van der Waals surface area (Å²) >= 11 is 0. The van der Waals surface area contributed by atoms with E-state index in [4.69, 9.17) is 9.47 Å². The fourth-order valence-electron chi connectivity index (χ4n) is 3.77. The van der Waals surface area contributed by atoms with Gasteiger partial charge in [0, 0.05) is 50.9 Å². The van der Waals surface area contributed by atoms with E-state index in [1.165, 1.54) is 18.2 Å². The Bertz CT molecular complexity index is 865. The van der Waals surface area contributed by atoms with Crippen molar-refractivity contribution in [2.24, 2.45) is 4.99 Å². The molecule has 0 amide bonds. The number of benzene rings is 2. The van der Waals surface area contributed by atoms with Gasteiger partial charge in [0.1, 0.15) is 23.1 Å². The van der Waals surface area contributed by atoms with E-state index >= 15 is 0 Å². The molecule has 1 aliphatic rings. The molecule has 1 heterocycles. The second-order valence-electron chi connectivity index (χ2n) is 7.54. The molecule has 0 aliphatic carbocycles. The van der Waals surface area contributed by atoms with Crippen LogP contribution < -0.4 is 20.1 Å². The van der Waals surface area contributed by atoms with Crippen molar-refractivity contribution in [1.29, 1.82) is 0 Å². The Balaban J connectivity index is 1.48. The summed E-state index contributed by atoms with van der Waals surface area (Å²) in [4.78, 5) is 6.59. The van der Waals surface area contributed by atoms with E-state index < -0.39 is 11.6 Å². The molecule has 0 bridgehead atoms. The van der Waals surface area contributed by atoms with Crippen LogP contribution in [0.4, 0.5) is 8.78 Å². The van der Waals surface area contributed by atoms with Gasteiger partial charge in [-0.2, -0.15) is 0 Å². The van der Waals surface area contributed by atoms with E-state index in [9.17, 15) is 8.78 Å². The highest BCUT2D eigenvalue weighted by atomic mass is 19.1. The molecule has 2 aromatic rings. The lowest BCUT2D eigenvalue weighted by atomic mass is 10.1. The molecule has 3 rings (SSSR count). The number of nitrogens with zero attached hydrogens (tertiary/aromatic N) is 2. The lowest BCUT2D eigenvalue weighted by molar-refractivity contribution is 0.321. The van der Waals surface area contributed by atoms with Crippen LogP contribution in [-0.4, -0.2) is 57.8 Å². The second-order valence-corrected chi connectivity index (χ2v) is 7.54. The van der Waals surface area contributed by atoms with Gasteiger partial charge in [-0.3, -0.25) is 9.89 Å². The Hall–Kier alpha value is -2.87. The maximum absolute atomic E-state index is 13.8. The van der Waals surface area contributed by atoms with Crippen LogP contribution in [0.2, 0.25) is 0 Å². The first-order valence-corrected chi connectivity index (χ1v) is 10.4. The number of hydrogen-bond donors (Lipinski definition) is 2. The third-order valence-corrected chi connectivity index (χ3v) is 5.38. The zero-order valence-electron chi connectivity index (χ0n) is 18.3. The van der Waals surface area contributed by atoms with E-state index in [0.717, 1.165) is 43.1 Å². The summed E-state index contributed by atoms with van der Waals surface area (Å²) in [6.45, 7) is 3.00. The molecule has 2 N–H and O–H groups in total. The average Bonchev–Trinajstić information content (AvgIpc) is 3.21. The molecule has 8 heteroatoms. The summed E-state index contributed by atoms with van der Waals surface area (Å²) in [5.74, 6) is 1.14. The van der Waals surface area contributed by atoms with Gasteiger partial charge in [-0.25, -0.2) is 8.78 Å². The SMILES string of the molecule is CN=C(NCCc1c(F)cccc1F)NC1CCN(Cc2cc(OC)cc(OC)c2)C1. The maximum atomic E-state index is 13.8. The largest absolute Gasteiger partial charge is 0.497 e. The van der Waals surface area contributed by atoms with E-state index in [2.05, 4.69) is 20.5 Å². The van der Waals surface area contributed by atoms with Gasteiger partial charge in [-0.1, -0.05) is 6.07 Å². The van der Waals surface area contributed by atoms with Crippen LogP contribution in [0.25, 0.3) is 0 Å². The van der Waals surface area contributed by atoms with Crippen LogP contribution in [0.15, 0.2) is 41.4 Å². The molecular weight excluding hydrogens is 402 g/mol. The van der Waals surface area contributed by atoms with Gasteiger partial charge in [-0.15, -0.1) is 0 Å². The van der Waals surface area contributed by atoms with Crippen LogP contribution in [0.5, 0.6) is 11.5 Å². The van der Waals surface area contributed by atoms with Crippen molar-refractivity contribution in [2.75, 3.05) is 40.9 Å². The number of aliphatic imine (C=N–C) groups is 1. The van der Waals surface area contributed by atoms with Gasteiger partial charge >= 0.3 is 0 Å². The van der Waals surface area contributed by atoms with Gasteiger partial charge in [-0.05, 0) is 42.7 Å². The van der Waals surface area contributed by atoms with Crippen LogP contribution in [0.1, 0.15) is 17.5 Å². The second kappa shape index (κ2) is 10.9. The van der Waals surface area contributed by atoms with E-state index in [1.54, 1.807) is 21.3 Å². The van der Waals surface area contributed by atoms with Crippen molar-refractivity contribution < 1.29 is 18.3 Å². The van der Waals surface area contributed by atoms with Gasteiger partial charge in [0.05, 0.1) is 14.2 Å². The minimum atomic E-state index is -0.523. The lowest BCUT2D eigenvalue weighted by Crippen LogP contribution is -2.45. The molecule has 2 aromatic carbocycles. The summed E-state index contributed by atoms with van der Waals surface area (Å²) in [5, 5.41) is 6.55. The summed E-state index contributed by atoms with van der Waals surface area (Å²) in [6.07, 6.45) is 1.22. The van der Waals surface area contributed by atoms with Gasteiger partial charge in [0.25, 0.3) is 0 Å². The van der Waals surface area contributed by atoms with E-state index in [-0.39, 0.29) is 18.0 Å². The Morgan fingerprint density at radius 2 is 1.81 bits per heavy atom. The van der Waals surface area contributed by atoms with E-state index in [1.807, 2.05) is 18.2 Å². The minimum absolute atomic E-state index is 0.0891. The lowest BCUT2D eigenvalue weighted by Gasteiger charge is -2.19. The van der Waals surface area contributed by atoms with Crippen molar-refractivity contribution in [3.05, 3.63) is 59.2 Å². The Morgan fingerprint density at radius 3 is 2.42 bits per heavy atom. The van der Waals surface area contributed by atoms with Crippen LogP contribution >= 0.6 is 0 Å². The Morgan fingerprint density at radius 1 is 1.13 bits per heavy atom. The standard InChI is InChI=1S/C23H30F2N4O2/c1-26-23(27-9-7-20-21(24)5-4-6-22(20)25)28-17-8-10-29(15-17)14-16-11-18(30-2)13-19(12-16)31-3/h4-6,11-13,17H,7-10,14-15H2,1-3H3,(H2,26,27,28). The van der Waals surface area contributed by atoms with Gasteiger partial charge < -0.3 is 20.1 Å². The molecule has 6 nitrogen and oxygen atoms in total. The summed E-state index contributed by atoms with van der Waals surface area (Å²) in [5.41, 5.74) is 1.22. The fraction of sp³-hybridized carbons (Fsp3) is 0.435. The van der Waals surface area contributed by atoms with Gasteiger partial charge in [0.15, 0.2) is 5.96 Å². The highest BCUT2D eigenvalue weighted by molar-refractivity contribution is 5.80. The fourth-order valence-corrected chi connectivity index (χ4v) is 3.77. The Kier molecular flexibility index (Phi) is 8.06. The summed E-state index contributed by atoms with van der Waals surface area (Å²) in [6, 6.07) is 10.1. The van der Waals surface area contributed by atoms with Crippen molar-refractivity contribution in [3.63, 3.8) is 0 Å². The van der Waals surface area contributed by atoms with Crippen molar-refractivity contribution in [2.45, 2.75) is 25.4 Å². The van der Waals surface area contributed by atoms with Crippen molar-refractivity contribution in [3.8, 4) is 11.5 Å². The zero-order valence-corrected chi connectivity index (χ0v) is 18.3. The third-order valence-electron chi connectivity index (χ3n) is 5.38. The number of hydrogen-bond acceptors (Lipinski definition) is 4. The number of methoxy groups -OCH3 is 2. The smallest absolute Gasteiger partial charge is 0.191 e. The quantitative estimate of drug-likeness (QED) is 0.496. The normalized spacial score (nSPS) is 16.9. The molecule has 31 heavy (non-hydrogen) atoms. The summed E-state index contributed by atoms with van der Waals surface area (Å²) < 4.78 is 38.2. The molecule has 0 saturated carbocycles. The summed E-state index contributed by atoms with van der Waals surface area (Å²) in [7, 11) is 4.98. The minimum Gasteiger partial charge on any atom is -0.497 e. The molecule has 1 saturated heterocycles. The molecule has 0 radical (unpaired) electrons. The van der Waals surface area contributed by atoms with Crippen molar-refractivity contribution >= 4 is 5.96 Å². The average molecular weight is 433 g/mol. The molecule has 0 aromatic heterocycles. The van der Waals surface area contributed by atoms with Crippen LogP contribution in [0, 0.1) is 11.6 Å². The van der Waals surface area contributed by atoms with Gasteiger partial charge in [0.2, 0.25) is 0 Å². The zero-order chi connectivity index (χ0) is 22.2.